The van der Waals surface area contributed by atoms with Crippen molar-refractivity contribution in [3.05, 3.63) is 47.3 Å². The third kappa shape index (κ3) is 2.49. The van der Waals surface area contributed by atoms with Crippen molar-refractivity contribution in [1.82, 2.24) is 14.7 Å². The van der Waals surface area contributed by atoms with Crippen LogP contribution in [0.3, 0.4) is 0 Å². The van der Waals surface area contributed by atoms with Crippen molar-refractivity contribution in [1.29, 1.82) is 0 Å². The van der Waals surface area contributed by atoms with Crippen molar-refractivity contribution in [3.8, 4) is 5.69 Å². The maximum absolute atomic E-state index is 13.1. The molecule has 1 aromatic heterocycles. The fourth-order valence-corrected chi connectivity index (χ4v) is 5.34. The Kier molecular flexibility index (Phi) is 3.77. The molecule has 2 aromatic rings. The van der Waals surface area contributed by atoms with Gasteiger partial charge in [0.25, 0.3) is 5.91 Å². The summed E-state index contributed by atoms with van der Waals surface area (Å²) in [6.45, 7) is 10.0. The summed E-state index contributed by atoms with van der Waals surface area (Å²) in [5.41, 5.74) is 3.69. The third-order valence-corrected chi connectivity index (χ3v) is 6.35. The van der Waals surface area contributed by atoms with Crippen LogP contribution in [0, 0.1) is 30.6 Å². The van der Waals surface area contributed by atoms with E-state index in [0.717, 1.165) is 30.0 Å². The molecule has 26 heavy (non-hydrogen) atoms. The molecule has 0 bridgehead atoms. The zero-order valence-electron chi connectivity index (χ0n) is 16.0. The molecule has 4 rings (SSSR count). The van der Waals surface area contributed by atoms with E-state index in [9.17, 15) is 9.90 Å². The molecule has 5 nitrogen and oxygen atoms in total. The van der Waals surface area contributed by atoms with Crippen molar-refractivity contribution < 1.29 is 9.90 Å². The van der Waals surface area contributed by atoms with E-state index >= 15 is 0 Å². The summed E-state index contributed by atoms with van der Waals surface area (Å²) in [4.78, 5) is 15.0. The summed E-state index contributed by atoms with van der Waals surface area (Å²) in [5.74, 6) is 0.426. The molecule has 1 saturated heterocycles. The number of rotatable bonds is 3. The fraction of sp³-hybridized carbons (Fsp3) is 0.524. The number of aliphatic hydroxyl groups is 1. The van der Waals surface area contributed by atoms with Gasteiger partial charge in [-0.25, -0.2) is 4.68 Å². The molecule has 1 aliphatic heterocycles. The lowest BCUT2D eigenvalue weighted by atomic mass is 9.48. The van der Waals surface area contributed by atoms with Crippen LogP contribution >= 0.6 is 0 Å². The lowest BCUT2D eigenvalue weighted by Crippen LogP contribution is -2.54. The largest absolute Gasteiger partial charge is 0.396 e. The van der Waals surface area contributed by atoms with Gasteiger partial charge in [-0.15, -0.1) is 0 Å². The normalized spacial score (nSPS) is 26.5. The van der Waals surface area contributed by atoms with E-state index in [0.29, 0.717) is 18.0 Å². The van der Waals surface area contributed by atoms with Crippen molar-refractivity contribution in [2.45, 2.75) is 34.1 Å². The standard InChI is InChI=1S/C21H27N3O2/c1-14-8-15(2)24(22-14)17-7-5-6-16(9-17)19(26)23-10-18-20(3,4)11-21(18,12-23)13-25/h5-9,18,25H,10-13H2,1-4H3/t18-,21-/m1/s1. The van der Waals surface area contributed by atoms with Crippen molar-refractivity contribution in [2.24, 2.45) is 16.7 Å². The second-order valence-corrected chi connectivity index (χ2v) is 8.81. The first-order chi connectivity index (χ1) is 12.3. The summed E-state index contributed by atoms with van der Waals surface area (Å²) < 4.78 is 1.87. The maximum Gasteiger partial charge on any atom is 0.253 e. The van der Waals surface area contributed by atoms with Gasteiger partial charge in [-0.1, -0.05) is 19.9 Å². The highest BCUT2D eigenvalue weighted by molar-refractivity contribution is 5.95. The van der Waals surface area contributed by atoms with Crippen molar-refractivity contribution in [2.75, 3.05) is 19.7 Å². The smallest absolute Gasteiger partial charge is 0.253 e. The van der Waals surface area contributed by atoms with E-state index in [1.165, 1.54) is 0 Å². The van der Waals surface area contributed by atoms with Crippen LogP contribution in [-0.2, 0) is 0 Å². The van der Waals surface area contributed by atoms with Crippen molar-refractivity contribution in [3.63, 3.8) is 0 Å². The Morgan fingerprint density at radius 2 is 2.08 bits per heavy atom. The van der Waals surface area contributed by atoms with Gasteiger partial charge in [0.05, 0.1) is 18.0 Å². The van der Waals surface area contributed by atoms with Crippen LogP contribution in [0.15, 0.2) is 30.3 Å². The van der Waals surface area contributed by atoms with Crippen LogP contribution < -0.4 is 0 Å². The predicted octanol–water partition coefficient (Wildman–Crippen LogP) is 2.97. The van der Waals surface area contributed by atoms with Crippen LogP contribution in [0.1, 0.15) is 42.0 Å². The number of aliphatic hydroxyl groups excluding tert-OH is 1. The Morgan fingerprint density at radius 3 is 2.65 bits per heavy atom. The van der Waals surface area contributed by atoms with Gasteiger partial charge in [-0.2, -0.15) is 5.10 Å². The van der Waals surface area contributed by atoms with E-state index in [1.807, 2.05) is 53.8 Å². The van der Waals surface area contributed by atoms with Crippen LogP contribution in [-0.4, -0.2) is 45.4 Å². The van der Waals surface area contributed by atoms with E-state index in [2.05, 4.69) is 18.9 Å². The van der Waals surface area contributed by atoms with Gasteiger partial charge in [-0.05, 0) is 55.9 Å². The summed E-state index contributed by atoms with van der Waals surface area (Å²) >= 11 is 0. The summed E-state index contributed by atoms with van der Waals surface area (Å²) in [7, 11) is 0. The zero-order chi connectivity index (χ0) is 18.7. The minimum atomic E-state index is -0.105. The lowest BCUT2D eigenvalue weighted by molar-refractivity contribution is -0.0976. The number of carbonyl (C=O) groups excluding carboxylic acids is 1. The lowest BCUT2D eigenvalue weighted by Gasteiger charge is -2.55. The molecule has 2 heterocycles. The monoisotopic (exact) mass is 353 g/mol. The SMILES string of the molecule is Cc1cc(C)n(-c2cccc(C(=O)N3C[C@@H]4C(C)(C)C[C@]4(CO)C3)c2)n1. The average Bonchev–Trinajstić information content (AvgIpc) is 3.12. The summed E-state index contributed by atoms with van der Waals surface area (Å²) in [6.07, 6.45) is 0.983. The van der Waals surface area contributed by atoms with Crippen molar-refractivity contribution >= 4 is 5.91 Å². The van der Waals surface area contributed by atoms with Gasteiger partial charge >= 0.3 is 0 Å². The zero-order valence-corrected chi connectivity index (χ0v) is 16.0. The Balaban J connectivity index is 1.60. The molecule has 1 saturated carbocycles. The first kappa shape index (κ1) is 17.3. The number of hydrogen-bond donors (Lipinski definition) is 1. The number of carbonyl (C=O) groups is 1. The topological polar surface area (TPSA) is 58.4 Å². The highest BCUT2D eigenvalue weighted by Crippen LogP contribution is 2.62. The molecule has 2 aliphatic rings. The molecule has 0 radical (unpaired) electrons. The number of aromatic nitrogens is 2. The number of nitrogens with zero attached hydrogens (tertiary/aromatic N) is 3. The van der Waals surface area contributed by atoms with Gasteiger partial charge in [0.1, 0.15) is 0 Å². The summed E-state index contributed by atoms with van der Waals surface area (Å²) in [6, 6.07) is 9.70. The highest BCUT2D eigenvalue weighted by Gasteiger charge is 2.63. The van der Waals surface area contributed by atoms with Crippen LogP contribution in [0.4, 0.5) is 0 Å². The van der Waals surface area contributed by atoms with Crippen LogP contribution in [0.25, 0.3) is 5.69 Å². The molecule has 5 heteroatoms. The van der Waals surface area contributed by atoms with Gasteiger partial charge in [0, 0.05) is 29.8 Å². The Labute approximate surface area is 154 Å². The molecule has 138 valence electrons. The number of amides is 1. The van der Waals surface area contributed by atoms with Gasteiger partial charge in [0.2, 0.25) is 0 Å². The first-order valence-corrected chi connectivity index (χ1v) is 9.30. The molecule has 1 aromatic carbocycles. The van der Waals surface area contributed by atoms with Gasteiger partial charge in [-0.3, -0.25) is 4.79 Å². The highest BCUT2D eigenvalue weighted by atomic mass is 16.3. The first-order valence-electron chi connectivity index (χ1n) is 9.30. The molecule has 1 amide bonds. The van der Waals surface area contributed by atoms with Gasteiger partial charge in [0.15, 0.2) is 0 Å². The third-order valence-electron chi connectivity index (χ3n) is 6.35. The number of benzene rings is 1. The molecule has 2 atom stereocenters. The number of hydrogen-bond acceptors (Lipinski definition) is 3. The van der Waals surface area contributed by atoms with Crippen LogP contribution in [0.5, 0.6) is 0 Å². The second kappa shape index (κ2) is 5.68. The minimum absolute atomic E-state index is 0.0476. The number of aryl methyl sites for hydroxylation is 2. The predicted molar refractivity (Wildman–Crippen MR) is 100 cm³/mol. The second-order valence-electron chi connectivity index (χ2n) is 8.81. The molecule has 1 N–H and O–H groups in total. The molecular formula is C21H27N3O2. The van der Waals surface area contributed by atoms with Gasteiger partial charge < -0.3 is 10.0 Å². The maximum atomic E-state index is 13.1. The Morgan fingerprint density at radius 1 is 1.31 bits per heavy atom. The Hall–Kier alpha value is -2.14. The quantitative estimate of drug-likeness (QED) is 0.923. The molecule has 0 spiro atoms. The van der Waals surface area contributed by atoms with E-state index in [1.54, 1.807) is 0 Å². The summed E-state index contributed by atoms with van der Waals surface area (Å²) in [5, 5.41) is 14.4. The molecule has 0 unspecified atom stereocenters. The van der Waals surface area contributed by atoms with E-state index in [-0.39, 0.29) is 23.3 Å². The molecular weight excluding hydrogens is 326 g/mol. The van der Waals surface area contributed by atoms with E-state index < -0.39 is 0 Å². The fourth-order valence-electron chi connectivity index (χ4n) is 5.34. The Bertz CT molecular complexity index is 870. The average molecular weight is 353 g/mol. The number of fused-ring (bicyclic) bond motifs is 1. The minimum Gasteiger partial charge on any atom is -0.396 e. The molecule has 1 aliphatic carbocycles. The van der Waals surface area contributed by atoms with E-state index in [4.69, 9.17) is 0 Å². The number of likely N-dealkylation sites (tertiary alicyclic amines) is 1. The molecule has 2 fully saturated rings. The van der Waals surface area contributed by atoms with Crippen LogP contribution in [0.2, 0.25) is 0 Å².